The largest absolute Gasteiger partial charge is 0.505 e. The van der Waals surface area contributed by atoms with Gasteiger partial charge in [0.1, 0.15) is 17.0 Å². The Morgan fingerprint density at radius 1 is 1.69 bits per heavy atom. The predicted octanol–water partition coefficient (Wildman–Crippen LogP) is 2.51. The van der Waals surface area contributed by atoms with Crippen molar-refractivity contribution in [2.24, 2.45) is 0 Å². The maximum atomic E-state index is 12.5. The molecule has 0 saturated heterocycles. The van der Waals surface area contributed by atoms with Gasteiger partial charge in [0, 0.05) is 0 Å². The Balaban J connectivity index is 3.26. The molecule has 0 atom stereocenters. The molecule has 7 heteroatoms. The second-order valence-corrected chi connectivity index (χ2v) is 3.82. The van der Waals surface area contributed by atoms with E-state index in [4.69, 9.17) is 0 Å². The number of alkyl halides is 2. The zero-order chi connectivity index (χ0) is 12.3. The topological polar surface area (TPSA) is 59.4 Å². The van der Waals surface area contributed by atoms with Crippen LogP contribution in [-0.4, -0.2) is 22.7 Å². The molecule has 88 valence electrons. The lowest BCUT2D eigenvalue weighted by Gasteiger charge is -2.09. The molecule has 4 nitrogen and oxygen atoms in total. The van der Waals surface area contributed by atoms with E-state index in [2.05, 4.69) is 9.72 Å². The highest BCUT2D eigenvalue weighted by Crippen LogP contribution is 2.30. The van der Waals surface area contributed by atoms with Crippen LogP contribution in [0.5, 0.6) is 5.75 Å². The van der Waals surface area contributed by atoms with Crippen LogP contribution < -0.4 is 0 Å². The van der Waals surface area contributed by atoms with E-state index in [1.54, 1.807) is 6.92 Å². The summed E-state index contributed by atoms with van der Waals surface area (Å²) in [6.45, 7) is 1.68. The first-order valence-electron chi connectivity index (χ1n) is 4.31. The Morgan fingerprint density at radius 2 is 2.31 bits per heavy atom. The number of aromatic nitrogens is 1. The predicted molar refractivity (Wildman–Crippen MR) is 59.5 cm³/mol. The van der Waals surface area contributed by atoms with Gasteiger partial charge in [-0.15, -0.1) is 0 Å². The summed E-state index contributed by atoms with van der Waals surface area (Å²) in [5, 5.41) is 9.38. The molecule has 0 aromatic carbocycles. The van der Waals surface area contributed by atoms with E-state index < -0.39 is 23.8 Å². The fourth-order valence-electron chi connectivity index (χ4n) is 1.04. The van der Waals surface area contributed by atoms with Crippen LogP contribution >= 0.6 is 22.6 Å². The minimum Gasteiger partial charge on any atom is -0.505 e. The highest BCUT2D eigenvalue weighted by Gasteiger charge is 2.24. The van der Waals surface area contributed by atoms with Crippen LogP contribution in [-0.2, 0) is 4.74 Å². The van der Waals surface area contributed by atoms with Crippen LogP contribution in [0.1, 0.15) is 29.4 Å². The molecule has 0 aliphatic carbocycles. The van der Waals surface area contributed by atoms with Crippen molar-refractivity contribution < 1.29 is 23.4 Å². The van der Waals surface area contributed by atoms with Crippen molar-refractivity contribution in [1.82, 2.24) is 4.98 Å². The Morgan fingerprint density at radius 3 is 2.81 bits per heavy atom. The minimum atomic E-state index is -2.80. The number of esters is 1. The van der Waals surface area contributed by atoms with Crippen molar-refractivity contribution in [2.45, 2.75) is 13.3 Å². The average molecular weight is 343 g/mol. The van der Waals surface area contributed by atoms with E-state index in [1.807, 2.05) is 0 Å². The zero-order valence-electron chi connectivity index (χ0n) is 8.21. The molecule has 0 fully saturated rings. The Hall–Kier alpha value is -0.990. The maximum absolute atomic E-state index is 12.5. The number of rotatable bonds is 3. The maximum Gasteiger partial charge on any atom is 0.343 e. The van der Waals surface area contributed by atoms with Gasteiger partial charge in [-0.1, -0.05) is 0 Å². The van der Waals surface area contributed by atoms with Gasteiger partial charge < -0.3 is 9.84 Å². The monoisotopic (exact) mass is 343 g/mol. The zero-order valence-corrected chi connectivity index (χ0v) is 10.4. The van der Waals surface area contributed by atoms with Gasteiger partial charge in [0.25, 0.3) is 6.43 Å². The molecule has 0 unspecified atom stereocenters. The molecular formula is C9H8F2INO3. The number of carbonyl (C=O) groups excluding carboxylic acids is 1. The molecule has 1 rings (SSSR count). The smallest absolute Gasteiger partial charge is 0.343 e. The van der Waals surface area contributed by atoms with Gasteiger partial charge in [0.15, 0.2) is 0 Å². The number of hydrogen-bond acceptors (Lipinski definition) is 4. The first-order chi connectivity index (χ1) is 7.49. The first kappa shape index (κ1) is 13.1. The van der Waals surface area contributed by atoms with E-state index >= 15 is 0 Å². The lowest BCUT2D eigenvalue weighted by atomic mass is 10.2. The third-order valence-corrected chi connectivity index (χ3v) is 2.80. The second kappa shape index (κ2) is 5.37. The van der Waals surface area contributed by atoms with Crippen LogP contribution in [0.25, 0.3) is 0 Å². The van der Waals surface area contributed by atoms with Crippen molar-refractivity contribution in [2.75, 3.05) is 6.61 Å². The van der Waals surface area contributed by atoms with E-state index in [9.17, 15) is 18.7 Å². The van der Waals surface area contributed by atoms with E-state index in [0.29, 0.717) is 0 Å². The lowest BCUT2D eigenvalue weighted by Crippen LogP contribution is -2.10. The number of carbonyl (C=O) groups is 1. The highest BCUT2D eigenvalue weighted by molar-refractivity contribution is 14.1. The number of hydrogen-bond donors (Lipinski definition) is 1. The van der Waals surface area contributed by atoms with E-state index in [1.165, 1.54) is 22.6 Å². The Kier molecular flexibility index (Phi) is 4.39. The summed E-state index contributed by atoms with van der Waals surface area (Å²) in [6, 6.07) is 0. The van der Waals surface area contributed by atoms with E-state index in [0.717, 1.165) is 6.20 Å². The molecular weight excluding hydrogens is 335 g/mol. The molecule has 1 heterocycles. The van der Waals surface area contributed by atoms with Crippen LogP contribution in [0, 0.1) is 3.57 Å². The molecule has 0 bridgehead atoms. The summed E-state index contributed by atoms with van der Waals surface area (Å²) in [5.41, 5.74) is -0.811. The summed E-state index contributed by atoms with van der Waals surface area (Å²) in [5.74, 6) is -1.30. The number of aromatic hydroxyl groups is 1. The third kappa shape index (κ3) is 2.57. The summed E-state index contributed by atoms with van der Waals surface area (Å²) in [4.78, 5) is 14.8. The Bertz CT molecular complexity index is 412. The van der Waals surface area contributed by atoms with Crippen LogP contribution in [0.2, 0.25) is 0 Å². The van der Waals surface area contributed by atoms with Crippen molar-refractivity contribution in [1.29, 1.82) is 0 Å². The molecule has 16 heavy (non-hydrogen) atoms. The van der Waals surface area contributed by atoms with Crippen LogP contribution in [0.3, 0.4) is 0 Å². The summed E-state index contributed by atoms with van der Waals surface area (Å²) in [6.07, 6.45) is -1.99. The van der Waals surface area contributed by atoms with E-state index in [-0.39, 0.29) is 15.7 Å². The molecule has 0 aliphatic rings. The van der Waals surface area contributed by atoms with Crippen molar-refractivity contribution in [3.8, 4) is 5.75 Å². The first-order valence-corrected chi connectivity index (χ1v) is 5.39. The van der Waals surface area contributed by atoms with Gasteiger partial charge in [-0.2, -0.15) is 0 Å². The standard InChI is InChI=1S/C9H8F2INO3/c1-2-16-9(15)5-4(14)3-13-7(6(5)12)8(10)11/h3,8,14H,2H2,1H3. The van der Waals surface area contributed by atoms with Crippen molar-refractivity contribution in [3.63, 3.8) is 0 Å². The number of nitrogens with zero attached hydrogens (tertiary/aromatic N) is 1. The molecule has 0 spiro atoms. The number of pyridine rings is 1. The SMILES string of the molecule is CCOC(=O)c1c(O)cnc(C(F)F)c1I. The van der Waals surface area contributed by atoms with Gasteiger partial charge in [-0.25, -0.2) is 13.6 Å². The van der Waals surface area contributed by atoms with Crippen molar-refractivity contribution in [3.05, 3.63) is 21.0 Å². The van der Waals surface area contributed by atoms with Crippen LogP contribution in [0.4, 0.5) is 8.78 Å². The molecule has 0 radical (unpaired) electrons. The number of halogens is 3. The van der Waals surface area contributed by atoms with Gasteiger partial charge in [-0.05, 0) is 29.5 Å². The quantitative estimate of drug-likeness (QED) is 0.677. The van der Waals surface area contributed by atoms with Crippen molar-refractivity contribution >= 4 is 28.6 Å². The minimum absolute atomic E-state index is 0.0916. The average Bonchev–Trinajstić information content (AvgIpc) is 2.17. The molecule has 0 aliphatic heterocycles. The fraction of sp³-hybridized carbons (Fsp3) is 0.333. The summed E-state index contributed by atoms with van der Waals surface area (Å²) < 4.78 is 29.5. The van der Waals surface area contributed by atoms with Gasteiger partial charge in [-0.3, -0.25) is 4.98 Å². The number of ether oxygens (including phenoxy) is 1. The molecule has 0 saturated carbocycles. The summed E-state index contributed by atoms with van der Waals surface area (Å²) >= 11 is 1.53. The third-order valence-electron chi connectivity index (χ3n) is 1.71. The fourth-order valence-corrected chi connectivity index (χ4v) is 1.91. The second-order valence-electron chi connectivity index (χ2n) is 2.74. The van der Waals surface area contributed by atoms with Gasteiger partial charge >= 0.3 is 5.97 Å². The highest BCUT2D eigenvalue weighted by atomic mass is 127. The molecule has 1 aromatic heterocycles. The van der Waals surface area contributed by atoms with Crippen LogP contribution in [0.15, 0.2) is 6.20 Å². The van der Waals surface area contributed by atoms with Gasteiger partial charge in [0.05, 0.1) is 16.4 Å². The summed E-state index contributed by atoms with van der Waals surface area (Å²) in [7, 11) is 0. The molecule has 1 aromatic rings. The lowest BCUT2D eigenvalue weighted by molar-refractivity contribution is 0.0520. The molecule has 1 N–H and O–H groups in total. The Labute approximate surface area is 104 Å². The van der Waals surface area contributed by atoms with Gasteiger partial charge in [0.2, 0.25) is 0 Å². The molecule has 0 amide bonds. The normalized spacial score (nSPS) is 10.6.